The number of carbonyl (C=O) groups is 1. The maximum absolute atomic E-state index is 12.4. The molecule has 0 aliphatic heterocycles. The SMILES string of the molecule is Cc1cc(C)c2c(c1)c(C)cc1nnc(SCCC(=O)Nc3ccc(C)c(C)c3)n12. The number of anilines is 1. The lowest BCUT2D eigenvalue weighted by molar-refractivity contribution is -0.115. The van der Waals surface area contributed by atoms with Crippen LogP contribution in [0.5, 0.6) is 0 Å². The third kappa shape index (κ3) is 3.92. The highest BCUT2D eigenvalue weighted by Crippen LogP contribution is 2.29. The minimum Gasteiger partial charge on any atom is -0.326 e. The monoisotopic (exact) mass is 418 g/mol. The first-order chi connectivity index (χ1) is 14.3. The normalized spacial score (nSPS) is 11.4. The summed E-state index contributed by atoms with van der Waals surface area (Å²) in [6.07, 6.45) is 0.411. The van der Waals surface area contributed by atoms with Gasteiger partial charge in [-0.25, -0.2) is 0 Å². The first-order valence-electron chi connectivity index (χ1n) is 10.1. The van der Waals surface area contributed by atoms with Crippen LogP contribution < -0.4 is 5.32 Å². The molecular formula is C24H26N4OS. The number of nitrogens with one attached hydrogen (secondary N) is 1. The Morgan fingerprint density at radius 2 is 1.73 bits per heavy atom. The highest BCUT2D eigenvalue weighted by molar-refractivity contribution is 7.99. The van der Waals surface area contributed by atoms with Crippen LogP contribution in [0.15, 0.2) is 41.6 Å². The second-order valence-corrected chi connectivity index (χ2v) is 8.99. The molecule has 2 aromatic heterocycles. The van der Waals surface area contributed by atoms with E-state index in [0.717, 1.165) is 22.0 Å². The number of fused-ring (bicyclic) bond motifs is 3. The first kappa shape index (κ1) is 20.4. The molecule has 4 rings (SSSR count). The molecule has 154 valence electrons. The van der Waals surface area contributed by atoms with Crippen LogP contribution in [-0.2, 0) is 4.79 Å². The summed E-state index contributed by atoms with van der Waals surface area (Å²) >= 11 is 1.56. The van der Waals surface area contributed by atoms with Gasteiger partial charge in [-0.05, 0) is 81.1 Å². The lowest BCUT2D eigenvalue weighted by Gasteiger charge is -2.11. The quantitative estimate of drug-likeness (QED) is 0.432. The van der Waals surface area contributed by atoms with Gasteiger partial charge in [0.2, 0.25) is 5.91 Å². The summed E-state index contributed by atoms with van der Waals surface area (Å²) < 4.78 is 2.11. The van der Waals surface area contributed by atoms with Crippen molar-refractivity contribution in [2.75, 3.05) is 11.1 Å². The number of aromatic nitrogens is 3. The van der Waals surface area contributed by atoms with Gasteiger partial charge in [0, 0.05) is 23.2 Å². The van der Waals surface area contributed by atoms with Crippen LogP contribution in [0.3, 0.4) is 0 Å². The number of benzene rings is 2. The van der Waals surface area contributed by atoms with Gasteiger partial charge in [-0.3, -0.25) is 9.20 Å². The molecule has 0 bridgehead atoms. The van der Waals surface area contributed by atoms with Crippen LogP contribution in [0.1, 0.15) is 34.2 Å². The maximum Gasteiger partial charge on any atom is 0.225 e. The van der Waals surface area contributed by atoms with E-state index < -0.39 is 0 Å². The molecule has 0 saturated heterocycles. The molecule has 0 aliphatic rings. The van der Waals surface area contributed by atoms with E-state index in [1.807, 2.05) is 25.1 Å². The Hall–Kier alpha value is -2.86. The predicted octanol–water partition coefficient (Wildman–Crippen LogP) is 5.55. The van der Waals surface area contributed by atoms with Crippen LogP contribution >= 0.6 is 11.8 Å². The van der Waals surface area contributed by atoms with E-state index in [-0.39, 0.29) is 5.91 Å². The number of thioether (sulfide) groups is 1. The molecule has 1 amide bonds. The van der Waals surface area contributed by atoms with E-state index in [9.17, 15) is 4.79 Å². The summed E-state index contributed by atoms with van der Waals surface area (Å²) in [6, 6.07) is 12.4. The molecule has 0 spiro atoms. The van der Waals surface area contributed by atoms with E-state index >= 15 is 0 Å². The van der Waals surface area contributed by atoms with Crippen molar-refractivity contribution in [1.82, 2.24) is 14.6 Å². The number of pyridine rings is 1. The second-order valence-electron chi connectivity index (χ2n) is 7.93. The summed E-state index contributed by atoms with van der Waals surface area (Å²) in [5.74, 6) is 0.643. The number of carbonyl (C=O) groups excluding carboxylic acids is 1. The van der Waals surface area contributed by atoms with Gasteiger partial charge in [-0.2, -0.15) is 0 Å². The van der Waals surface area contributed by atoms with Crippen molar-refractivity contribution in [3.63, 3.8) is 0 Å². The zero-order chi connectivity index (χ0) is 21.4. The van der Waals surface area contributed by atoms with Gasteiger partial charge in [0.05, 0.1) is 5.52 Å². The summed E-state index contributed by atoms with van der Waals surface area (Å²) in [7, 11) is 0. The number of hydrogen-bond donors (Lipinski definition) is 1. The van der Waals surface area contributed by atoms with Crippen molar-refractivity contribution in [2.24, 2.45) is 0 Å². The second kappa shape index (κ2) is 8.11. The Morgan fingerprint density at radius 1 is 0.933 bits per heavy atom. The van der Waals surface area contributed by atoms with Gasteiger partial charge in [0.1, 0.15) is 0 Å². The highest BCUT2D eigenvalue weighted by Gasteiger charge is 2.14. The van der Waals surface area contributed by atoms with Crippen molar-refractivity contribution in [3.05, 3.63) is 64.2 Å². The topological polar surface area (TPSA) is 59.3 Å². The smallest absolute Gasteiger partial charge is 0.225 e. The van der Waals surface area contributed by atoms with Gasteiger partial charge < -0.3 is 5.32 Å². The summed E-state index contributed by atoms with van der Waals surface area (Å²) in [6.45, 7) is 10.5. The third-order valence-electron chi connectivity index (χ3n) is 5.45. The largest absolute Gasteiger partial charge is 0.326 e. The third-order valence-corrected chi connectivity index (χ3v) is 6.38. The molecule has 2 heterocycles. The minimum absolute atomic E-state index is 0.00656. The Bertz CT molecular complexity index is 1280. The molecule has 30 heavy (non-hydrogen) atoms. The molecular weight excluding hydrogens is 392 g/mol. The van der Waals surface area contributed by atoms with Crippen molar-refractivity contribution in [2.45, 2.75) is 46.2 Å². The number of amides is 1. The predicted molar refractivity (Wildman–Crippen MR) is 125 cm³/mol. The van der Waals surface area contributed by atoms with Crippen molar-refractivity contribution < 1.29 is 4.79 Å². The lowest BCUT2D eigenvalue weighted by Crippen LogP contribution is -2.12. The van der Waals surface area contributed by atoms with Gasteiger partial charge in [0.15, 0.2) is 10.8 Å². The van der Waals surface area contributed by atoms with Crippen LogP contribution in [0, 0.1) is 34.6 Å². The summed E-state index contributed by atoms with van der Waals surface area (Å²) in [5, 5.41) is 13.8. The van der Waals surface area contributed by atoms with Crippen molar-refractivity contribution in [1.29, 1.82) is 0 Å². The van der Waals surface area contributed by atoms with Gasteiger partial charge in [-0.15, -0.1) is 10.2 Å². The Kier molecular flexibility index (Phi) is 5.52. The zero-order valence-electron chi connectivity index (χ0n) is 18.0. The molecule has 5 nitrogen and oxygen atoms in total. The molecule has 2 aromatic carbocycles. The number of aryl methyl sites for hydroxylation is 5. The van der Waals surface area contributed by atoms with Crippen LogP contribution in [0.4, 0.5) is 5.69 Å². The number of hydrogen-bond acceptors (Lipinski definition) is 4. The van der Waals surface area contributed by atoms with E-state index in [0.29, 0.717) is 12.2 Å². The molecule has 0 atom stereocenters. The van der Waals surface area contributed by atoms with Crippen molar-refractivity contribution in [3.8, 4) is 0 Å². The van der Waals surface area contributed by atoms with E-state index in [1.54, 1.807) is 11.8 Å². The van der Waals surface area contributed by atoms with Crippen LogP contribution in [0.25, 0.3) is 16.6 Å². The fraction of sp³-hybridized carbons (Fsp3) is 0.292. The summed E-state index contributed by atoms with van der Waals surface area (Å²) in [4.78, 5) is 12.4. The summed E-state index contributed by atoms with van der Waals surface area (Å²) in [5.41, 5.74) is 8.85. The van der Waals surface area contributed by atoms with Gasteiger partial charge in [-0.1, -0.05) is 29.5 Å². The Balaban J connectivity index is 1.52. The number of rotatable bonds is 5. The molecule has 0 unspecified atom stereocenters. The van der Waals surface area contributed by atoms with Gasteiger partial charge in [0.25, 0.3) is 0 Å². The number of nitrogens with zero attached hydrogens (tertiary/aromatic N) is 3. The first-order valence-corrected chi connectivity index (χ1v) is 11.1. The highest BCUT2D eigenvalue weighted by atomic mass is 32.2. The van der Waals surface area contributed by atoms with Gasteiger partial charge >= 0.3 is 0 Å². The lowest BCUT2D eigenvalue weighted by atomic mass is 10.0. The van der Waals surface area contributed by atoms with E-state index in [4.69, 9.17) is 0 Å². The van der Waals surface area contributed by atoms with E-state index in [2.05, 4.69) is 65.8 Å². The molecule has 4 aromatic rings. The average molecular weight is 419 g/mol. The van der Waals surface area contributed by atoms with Crippen molar-refractivity contribution >= 4 is 39.9 Å². The van der Waals surface area contributed by atoms with Crippen LogP contribution in [-0.4, -0.2) is 26.3 Å². The molecule has 0 saturated carbocycles. The fourth-order valence-corrected chi connectivity index (χ4v) is 4.67. The fourth-order valence-electron chi connectivity index (χ4n) is 3.78. The zero-order valence-corrected chi connectivity index (χ0v) is 18.9. The molecule has 1 N–H and O–H groups in total. The van der Waals surface area contributed by atoms with Crippen LogP contribution in [0.2, 0.25) is 0 Å². The Labute approximate surface area is 180 Å². The standard InChI is InChI=1S/C24H26N4OS/c1-14-10-18(5)23-20(11-14)17(4)13-21-26-27-24(28(21)23)30-9-8-22(29)25-19-7-6-15(2)16(3)12-19/h6-7,10-13H,8-9H2,1-5H3,(H,25,29). The molecule has 0 aliphatic carbocycles. The maximum atomic E-state index is 12.4. The van der Waals surface area contributed by atoms with E-state index in [1.165, 1.54) is 33.2 Å². The molecule has 6 heteroatoms. The minimum atomic E-state index is 0.00656. The average Bonchev–Trinajstić information content (AvgIpc) is 3.07. The molecule has 0 radical (unpaired) electrons. The Morgan fingerprint density at radius 3 is 2.50 bits per heavy atom. The molecule has 0 fully saturated rings.